The van der Waals surface area contributed by atoms with Crippen LogP contribution in [0.25, 0.3) is 0 Å². The molecule has 0 saturated carbocycles. The highest BCUT2D eigenvalue weighted by atomic mass is 19.1. The number of hydrogen-bond acceptors (Lipinski definition) is 3. The topological polar surface area (TPSA) is 55.6 Å². The summed E-state index contributed by atoms with van der Waals surface area (Å²) in [6.45, 7) is 0.532. The van der Waals surface area contributed by atoms with Crippen LogP contribution in [0.2, 0.25) is 0 Å². The molecule has 1 aromatic carbocycles. The number of amides is 1. The standard InChI is InChI=1S/C13H17FN2O2/c1-18-12-4-2-9(3-5-12)13(17)16-7-10(14)6-11(15)8-16/h2-5,10-11H,6-8,15H2,1H3/t10-,11+/m1/s1. The Bertz CT molecular complexity index is 412. The minimum absolute atomic E-state index is 0.124. The largest absolute Gasteiger partial charge is 0.497 e. The van der Waals surface area contributed by atoms with Crippen molar-refractivity contribution in [1.29, 1.82) is 0 Å². The summed E-state index contributed by atoms with van der Waals surface area (Å²) in [6, 6.07) is 6.49. The van der Waals surface area contributed by atoms with Crippen molar-refractivity contribution >= 4 is 5.91 Å². The van der Waals surface area contributed by atoms with E-state index in [9.17, 15) is 9.18 Å². The highest BCUT2D eigenvalue weighted by Gasteiger charge is 2.28. The Kier molecular flexibility index (Phi) is 3.81. The van der Waals surface area contributed by atoms with Gasteiger partial charge in [0.25, 0.3) is 5.91 Å². The minimum atomic E-state index is -1.03. The molecular formula is C13H17FN2O2. The minimum Gasteiger partial charge on any atom is -0.497 e. The smallest absolute Gasteiger partial charge is 0.254 e. The molecule has 0 radical (unpaired) electrons. The average molecular weight is 252 g/mol. The maximum Gasteiger partial charge on any atom is 0.254 e. The summed E-state index contributed by atoms with van der Waals surface area (Å²) in [7, 11) is 1.56. The molecule has 0 spiro atoms. The molecule has 2 N–H and O–H groups in total. The lowest BCUT2D eigenvalue weighted by Gasteiger charge is -2.33. The van der Waals surface area contributed by atoms with E-state index in [0.717, 1.165) is 0 Å². The van der Waals surface area contributed by atoms with E-state index in [0.29, 0.717) is 24.3 Å². The average Bonchev–Trinajstić information content (AvgIpc) is 2.37. The Morgan fingerprint density at radius 2 is 2.06 bits per heavy atom. The molecule has 4 nitrogen and oxygen atoms in total. The van der Waals surface area contributed by atoms with E-state index in [1.54, 1.807) is 31.4 Å². The van der Waals surface area contributed by atoms with Gasteiger partial charge < -0.3 is 15.4 Å². The van der Waals surface area contributed by atoms with Gasteiger partial charge in [-0.05, 0) is 30.7 Å². The van der Waals surface area contributed by atoms with E-state index in [-0.39, 0.29) is 18.5 Å². The molecule has 2 rings (SSSR count). The fraction of sp³-hybridized carbons (Fsp3) is 0.462. The van der Waals surface area contributed by atoms with Crippen molar-refractivity contribution in [2.75, 3.05) is 20.2 Å². The molecule has 2 atom stereocenters. The molecule has 0 aromatic heterocycles. The quantitative estimate of drug-likeness (QED) is 0.860. The number of likely N-dealkylation sites (tertiary alicyclic amines) is 1. The van der Waals surface area contributed by atoms with Crippen LogP contribution in [0.1, 0.15) is 16.8 Å². The molecule has 1 amide bonds. The SMILES string of the molecule is COc1ccc(C(=O)N2C[C@@H](N)C[C@@H](F)C2)cc1. The Morgan fingerprint density at radius 3 is 2.61 bits per heavy atom. The Balaban J connectivity index is 2.09. The van der Waals surface area contributed by atoms with E-state index >= 15 is 0 Å². The first-order valence-corrected chi connectivity index (χ1v) is 5.93. The fourth-order valence-corrected chi connectivity index (χ4v) is 2.16. The molecular weight excluding hydrogens is 235 g/mol. The lowest BCUT2D eigenvalue weighted by molar-refractivity contribution is 0.0606. The highest BCUT2D eigenvalue weighted by Crippen LogP contribution is 2.17. The van der Waals surface area contributed by atoms with Gasteiger partial charge in [-0.15, -0.1) is 0 Å². The van der Waals surface area contributed by atoms with Crippen LogP contribution in [0.5, 0.6) is 5.75 Å². The number of benzene rings is 1. The number of piperidine rings is 1. The third kappa shape index (κ3) is 2.79. The Morgan fingerprint density at radius 1 is 1.39 bits per heavy atom. The number of methoxy groups -OCH3 is 1. The van der Waals surface area contributed by atoms with Crippen molar-refractivity contribution in [2.45, 2.75) is 18.6 Å². The molecule has 5 heteroatoms. The molecule has 1 aromatic rings. The van der Waals surface area contributed by atoms with Gasteiger partial charge in [0.2, 0.25) is 0 Å². The third-order valence-corrected chi connectivity index (χ3v) is 3.06. The van der Waals surface area contributed by atoms with E-state index in [1.165, 1.54) is 4.90 Å². The van der Waals surface area contributed by atoms with E-state index in [4.69, 9.17) is 10.5 Å². The number of rotatable bonds is 2. The summed E-state index contributed by atoms with van der Waals surface area (Å²) in [5.74, 6) is 0.501. The summed E-state index contributed by atoms with van der Waals surface area (Å²) in [5, 5.41) is 0. The number of halogens is 1. The second kappa shape index (κ2) is 5.35. The van der Waals surface area contributed by atoms with Crippen molar-refractivity contribution in [3.8, 4) is 5.75 Å². The van der Waals surface area contributed by atoms with Gasteiger partial charge in [-0.1, -0.05) is 0 Å². The monoisotopic (exact) mass is 252 g/mol. The number of carbonyl (C=O) groups is 1. The van der Waals surface area contributed by atoms with E-state index in [1.807, 2.05) is 0 Å². The molecule has 0 bridgehead atoms. The molecule has 0 unspecified atom stereocenters. The molecule has 1 fully saturated rings. The van der Waals surface area contributed by atoms with E-state index < -0.39 is 6.17 Å². The molecule has 0 aliphatic carbocycles. The lowest BCUT2D eigenvalue weighted by Crippen LogP contribution is -2.50. The predicted molar refractivity (Wildman–Crippen MR) is 66.4 cm³/mol. The number of hydrogen-bond donors (Lipinski definition) is 1. The molecule has 18 heavy (non-hydrogen) atoms. The first-order valence-electron chi connectivity index (χ1n) is 5.93. The normalized spacial score (nSPS) is 23.8. The molecule has 1 saturated heterocycles. The summed E-state index contributed by atoms with van der Waals surface area (Å²) in [6.07, 6.45) is -0.706. The van der Waals surface area contributed by atoms with Crippen LogP contribution in [0.15, 0.2) is 24.3 Å². The first-order chi connectivity index (χ1) is 8.60. The van der Waals surface area contributed by atoms with Gasteiger partial charge >= 0.3 is 0 Å². The summed E-state index contributed by atoms with van der Waals surface area (Å²) in [5.41, 5.74) is 6.25. The summed E-state index contributed by atoms with van der Waals surface area (Å²) in [4.78, 5) is 13.6. The summed E-state index contributed by atoms with van der Waals surface area (Å²) < 4.78 is 18.4. The number of nitrogens with two attached hydrogens (primary N) is 1. The molecule has 1 aliphatic rings. The van der Waals surface area contributed by atoms with Crippen molar-refractivity contribution in [3.05, 3.63) is 29.8 Å². The van der Waals surface area contributed by atoms with Crippen molar-refractivity contribution in [1.82, 2.24) is 4.90 Å². The van der Waals surface area contributed by atoms with E-state index in [2.05, 4.69) is 0 Å². The van der Waals surface area contributed by atoms with Gasteiger partial charge in [0.15, 0.2) is 0 Å². The third-order valence-electron chi connectivity index (χ3n) is 3.06. The molecule has 1 aliphatic heterocycles. The second-order valence-corrected chi connectivity index (χ2v) is 4.53. The number of carbonyl (C=O) groups excluding carboxylic acids is 1. The molecule has 98 valence electrons. The van der Waals surface area contributed by atoms with Crippen LogP contribution < -0.4 is 10.5 Å². The highest BCUT2D eigenvalue weighted by molar-refractivity contribution is 5.94. The number of ether oxygens (including phenoxy) is 1. The van der Waals surface area contributed by atoms with Crippen LogP contribution in [-0.2, 0) is 0 Å². The van der Waals surface area contributed by atoms with Crippen LogP contribution in [-0.4, -0.2) is 43.2 Å². The van der Waals surface area contributed by atoms with Crippen LogP contribution in [0.3, 0.4) is 0 Å². The zero-order chi connectivity index (χ0) is 13.1. The van der Waals surface area contributed by atoms with Gasteiger partial charge in [-0.25, -0.2) is 4.39 Å². The van der Waals surface area contributed by atoms with Crippen molar-refractivity contribution < 1.29 is 13.9 Å². The maximum absolute atomic E-state index is 13.4. The van der Waals surface area contributed by atoms with Gasteiger partial charge in [0.05, 0.1) is 13.7 Å². The lowest BCUT2D eigenvalue weighted by atomic mass is 10.0. The second-order valence-electron chi connectivity index (χ2n) is 4.53. The first kappa shape index (κ1) is 12.8. The van der Waals surface area contributed by atoms with Gasteiger partial charge in [0, 0.05) is 18.2 Å². The number of nitrogens with zero attached hydrogens (tertiary/aromatic N) is 1. The zero-order valence-electron chi connectivity index (χ0n) is 10.3. The van der Waals surface area contributed by atoms with Gasteiger partial charge in [0.1, 0.15) is 11.9 Å². The van der Waals surface area contributed by atoms with Crippen LogP contribution in [0, 0.1) is 0 Å². The Labute approximate surface area is 106 Å². The zero-order valence-corrected chi connectivity index (χ0v) is 10.3. The van der Waals surface area contributed by atoms with Gasteiger partial charge in [-0.3, -0.25) is 4.79 Å². The molecule has 1 heterocycles. The van der Waals surface area contributed by atoms with Crippen molar-refractivity contribution in [2.24, 2.45) is 5.73 Å². The predicted octanol–water partition coefficient (Wildman–Crippen LogP) is 1.21. The maximum atomic E-state index is 13.4. The Hall–Kier alpha value is -1.62. The summed E-state index contributed by atoms with van der Waals surface area (Å²) >= 11 is 0. The van der Waals surface area contributed by atoms with Crippen LogP contribution >= 0.6 is 0 Å². The number of alkyl halides is 1. The van der Waals surface area contributed by atoms with Crippen molar-refractivity contribution in [3.63, 3.8) is 0 Å². The van der Waals surface area contributed by atoms with Gasteiger partial charge in [-0.2, -0.15) is 0 Å². The fourth-order valence-electron chi connectivity index (χ4n) is 2.16. The van der Waals surface area contributed by atoms with Crippen LogP contribution in [0.4, 0.5) is 4.39 Å².